The zero-order valence-electron chi connectivity index (χ0n) is 14.8. The van der Waals surface area contributed by atoms with Gasteiger partial charge in [-0.25, -0.2) is 14.0 Å². The summed E-state index contributed by atoms with van der Waals surface area (Å²) in [7, 11) is 4.11. The highest BCUT2D eigenvalue weighted by Crippen LogP contribution is 2.39. The molecule has 0 spiro atoms. The quantitative estimate of drug-likeness (QED) is 0.816. The summed E-state index contributed by atoms with van der Waals surface area (Å²) in [6.45, 7) is 1.64. The summed E-state index contributed by atoms with van der Waals surface area (Å²) in [4.78, 5) is 37.5. The van der Waals surface area contributed by atoms with Crippen LogP contribution >= 0.6 is 0 Å². The molecule has 2 aromatic rings. The van der Waals surface area contributed by atoms with Crippen LogP contribution < -0.4 is 16.6 Å². The van der Waals surface area contributed by atoms with Gasteiger partial charge >= 0.3 is 11.7 Å². The van der Waals surface area contributed by atoms with E-state index >= 15 is 0 Å². The first-order valence-corrected chi connectivity index (χ1v) is 7.89. The molecule has 1 aliphatic heterocycles. The number of nitrogens with zero attached hydrogens (tertiary/aromatic N) is 2. The highest BCUT2D eigenvalue weighted by molar-refractivity contribution is 5.94. The number of anilines is 1. The number of ether oxygens (including phenoxy) is 1. The van der Waals surface area contributed by atoms with Crippen molar-refractivity contribution in [2.24, 2.45) is 14.1 Å². The summed E-state index contributed by atoms with van der Waals surface area (Å²) in [6.07, 6.45) is 0. The van der Waals surface area contributed by atoms with Gasteiger partial charge in [-0.15, -0.1) is 0 Å². The molecule has 1 N–H and O–H groups in total. The van der Waals surface area contributed by atoms with Crippen LogP contribution in [0, 0.1) is 5.82 Å². The first kappa shape index (κ1) is 17.7. The fourth-order valence-corrected chi connectivity index (χ4v) is 3.29. The van der Waals surface area contributed by atoms with E-state index in [0.717, 1.165) is 4.57 Å². The molecule has 1 aromatic carbocycles. The van der Waals surface area contributed by atoms with E-state index in [1.165, 1.54) is 44.0 Å². The first-order chi connectivity index (χ1) is 12.3. The van der Waals surface area contributed by atoms with Crippen molar-refractivity contribution in [1.82, 2.24) is 9.13 Å². The zero-order valence-corrected chi connectivity index (χ0v) is 14.8. The Morgan fingerprint density at radius 3 is 2.54 bits per heavy atom. The Kier molecular flexibility index (Phi) is 4.27. The average molecular weight is 359 g/mol. The number of carbonyl (C=O) groups is 1. The Balaban J connectivity index is 2.43. The number of halogens is 1. The Hall–Kier alpha value is -3.16. The Labute approximate surface area is 148 Å². The van der Waals surface area contributed by atoms with Gasteiger partial charge in [0.1, 0.15) is 11.6 Å². The van der Waals surface area contributed by atoms with Gasteiger partial charge in [-0.1, -0.05) is 12.1 Å². The first-order valence-electron chi connectivity index (χ1n) is 7.89. The summed E-state index contributed by atoms with van der Waals surface area (Å²) >= 11 is 0. The number of esters is 1. The Morgan fingerprint density at radius 2 is 1.92 bits per heavy atom. The lowest BCUT2D eigenvalue weighted by molar-refractivity contribution is -0.136. The van der Waals surface area contributed by atoms with Crippen LogP contribution in [0.25, 0.3) is 0 Å². The molecule has 136 valence electrons. The number of methoxy groups -OCH3 is 1. The highest BCUT2D eigenvalue weighted by atomic mass is 19.1. The van der Waals surface area contributed by atoms with Crippen molar-refractivity contribution >= 4 is 11.8 Å². The van der Waals surface area contributed by atoms with Crippen molar-refractivity contribution in [2.75, 3.05) is 12.4 Å². The largest absolute Gasteiger partial charge is 0.466 e. The van der Waals surface area contributed by atoms with E-state index in [1.54, 1.807) is 13.0 Å². The van der Waals surface area contributed by atoms with Gasteiger partial charge in [0.15, 0.2) is 0 Å². The number of rotatable bonds is 2. The number of carbonyl (C=O) groups excluding carboxylic acids is 1. The van der Waals surface area contributed by atoms with E-state index in [1.807, 2.05) is 0 Å². The maximum absolute atomic E-state index is 13.8. The number of fused-ring (bicyclic) bond motifs is 1. The number of hydrogen-bond acceptors (Lipinski definition) is 5. The molecular formula is C18H18FN3O4. The van der Waals surface area contributed by atoms with Gasteiger partial charge in [0.05, 0.1) is 24.2 Å². The lowest BCUT2D eigenvalue weighted by atomic mass is 9.82. The Bertz CT molecular complexity index is 1070. The van der Waals surface area contributed by atoms with E-state index in [2.05, 4.69) is 5.32 Å². The fourth-order valence-electron chi connectivity index (χ4n) is 3.29. The molecule has 0 unspecified atom stereocenters. The van der Waals surface area contributed by atoms with Gasteiger partial charge in [-0.3, -0.25) is 13.9 Å². The van der Waals surface area contributed by atoms with Crippen LogP contribution in [0.1, 0.15) is 24.0 Å². The highest BCUT2D eigenvalue weighted by Gasteiger charge is 2.37. The van der Waals surface area contributed by atoms with Crippen molar-refractivity contribution < 1.29 is 13.9 Å². The average Bonchev–Trinajstić information content (AvgIpc) is 2.63. The van der Waals surface area contributed by atoms with Crippen LogP contribution in [0.15, 0.2) is 45.1 Å². The van der Waals surface area contributed by atoms with Gasteiger partial charge in [-0.2, -0.15) is 0 Å². The van der Waals surface area contributed by atoms with Crippen molar-refractivity contribution in [2.45, 2.75) is 12.8 Å². The van der Waals surface area contributed by atoms with Gasteiger partial charge in [0.2, 0.25) is 0 Å². The summed E-state index contributed by atoms with van der Waals surface area (Å²) < 4.78 is 21.0. The molecule has 3 rings (SSSR count). The van der Waals surface area contributed by atoms with Crippen molar-refractivity contribution in [1.29, 1.82) is 0 Å². The lowest BCUT2D eigenvalue weighted by Gasteiger charge is -2.30. The molecule has 2 heterocycles. The summed E-state index contributed by atoms with van der Waals surface area (Å²) in [5.41, 5.74) is 0.171. The van der Waals surface area contributed by atoms with Crippen LogP contribution in [-0.2, 0) is 23.6 Å². The van der Waals surface area contributed by atoms with Crippen molar-refractivity contribution in [3.8, 4) is 0 Å². The SMILES string of the molecule is COC(=O)C1=C(C)Nc2c(c(=O)n(C)c(=O)n2C)[C@@H]1c1cccc(F)c1. The number of nitrogens with one attached hydrogen (secondary N) is 1. The molecule has 1 atom stereocenters. The van der Waals surface area contributed by atoms with Crippen molar-refractivity contribution in [3.05, 3.63) is 73.3 Å². The van der Waals surface area contributed by atoms with E-state index in [4.69, 9.17) is 4.74 Å². The van der Waals surface area contributed by atoms with Crippen LogP contribution in [0.2, 0.25) is 0 Å². The number of aromatic nitrogens is 2. The molecule has 0 fully saturated rings. The third kappa shape index (κ3) is 2.54. The Morgan fingerprint density at radius 1 is 1.23 bits per heavy atom. The molecule has 26 heavy (non-hydrogen) atoms. The second kappa shape index (κ2) is 6.29. The second-order valence-electron chi connectivity index (χ2n) is 6.11. The molecule has 0 saturated carbocycles. The maximum Gasteiger partial charge on any atom is 0.336 e. The molecule has 0 amide bonds. The van der Waals surface area contributed by atoms with Gasteiger partial charge < -0.3 is 10.1 Å². The molecule has 1 aromatic heterocycles. The standard InChI is InChI=1S/C18H18FN3O4/c1-9-12(17(24)26-4)13(10-6-5-7-11(19)8-10)14-15(20-9)21(2)18(25)22(3)16(14)23/h5-8,13,20H,1-4H3/t13-/m1/s1. The monoisotopic (exact) mass is 359 g/mol. The van der Waals surface area contributed by atoms with Gasteiger partial charge in [-0.05, 0) is 24.6 Å². The van der Waals surface area contributed by atoms with Crippen LogP contribution in [0.4, 0.5) is 10.2 Å². The molecule has 7 nitrogen and oxygen atoms in total. The van der Waals surface area contributed by atoms with Gasteiger partial charge in [0, 0.05) is 19.8 Å². The predicted octanol–water partition coefficient (Wildman–Crippen LogP) is 1.23. The van der Waals surface area contributed by atoms with Gasteiger partial charge in [0.25, 0.3) is 5.56 Å². The lowest BCUT2D eigenvalue weighted by Crippen LogP contribution is -2.43. The van der Waals surface area contributed by atoms with E-state index < -0.39 is 29.0 Å². The summed E-state index contributed by atoms with van der Waals surface area (Å²) in [5, 5.41) is 2.95. The zero-order chi connectivity index (χ0) is 19.2. The number of allylic oxidation sites excluding steroid dienone is 1. The molecule has 0 saturated heterocycles. The maximum atomic E-state index is 13.8. The van der Waals surface area contributed by atoms with E-state index in [0.29, 0.717) is 11.3 Å². The minimum Gasteiger partial charge on any atom is -0.466 e. The number of benzene rings is 1. The van der Waals surface area contributed by atoms with Crippen LogP contribution in [0.5, 0.6) is 0 Å². The second-order valence-corrected chi connectivity index (χ2v) is 6.11. The molecule has 0 bridgehead atoms. The van der Waals surface area contributed by atoms with Crippen molar-refractivity contribution in [3.63, 3.8) is 0 Å². The molecule has 1 aliphatic rings. The smallest absolute Gasteiger partial charge is 0.336 e. The molecule has 8 heteroatoms. The van der Waals surface area contributed by atoms with E-state index in [-0.39, 0.29) is 17.0 Å². The molecule has 0 radical (unpaired) electrons. The fraction of sp³-hybridized carbons (Fsp3) is 0.278. The minimum atomic E-state index is -0.861. The number of hydrogen-bond donors (Lipinski definition) is 1. The normalized spacial score (nSPS) is 16.1. The van der Waals surface area contributed by atoms with Crippen LogP contribution in [-0.4, -0.2) is 22.2 Å². The predicted molar refractivity (Wildman–Crippen MR) is 93.5 cm³/mol. The third-order valence-electron chi connectivity index (χ3n) is 4.57. The molecule has 0 aliphatic carbocycles. The van der Waals surface area contributed by atoms with E-state index in [9.17, 15) is 18.8 Å². The summed E-state index contributed by atoms with van der Waals surface area (Å²) in [6, 6.07) is 5.67. The molecular weight excluding hydrogens is 341 g/mol. The topological polar surface area (TPSA) is 82.3 Å². The summed E-state index contributed by atoms with van der Waals surface area (Å²) in [5.74, 6) is -1.71. The minimum absolute atomic E-state index is 0.186. The third-order valence-corrected chi connectivity index (χ3v) is 4.57. The van der Waals surface area contributed by atoms with Crippen LogP contribution in [0.3, 0.4) is 0 Å².